The molecule has 0 amide bonds. The third kappa shape index (κ3) is 3.10. The third-order valence-electron chi connectivity index (χ3n) is 6.36. The molecule has 3 rings (SSSR count). The van der Waals surface area contributed by atoms with E-state index in [-0.39, 0.29) is 18.3 Å². The van der Waals surface area contributed by atoms with Gasteiger partial charge in [0, 0.05) is 0 Å². The molecule has 1 aliphatic heterocycles. The van der Waals surface area contributed by atoms with Crippen LogP contribution in [0.25, 0.3) is 0 Å². The van der Waals surface area contributed by atoms with Gasteiger partial charge in [-0.1, -0.05) is 38.2 Å². The Morgan fingerprint density at radius 2 is 1.52 bits per heavy atom. The van der Waals surface area contributed by atoms with Crippen molar-refractivity contribution in [1.82, 2.24) is 0 Å². The first-order valence-electron chi connectivity index (χ1n) is 8.94. The van der Waals surface area contributed by atoms with Crippen molar-refractivity contribution in [3.05, 3.63) is 11.5 Å². The van der Waals surface area contributed by atoms with Crippen LogP contribution in [0.3, 0.4) is 0 Å². The molecule has 2 nitrogen and oxygen atoms in total. The fourth-order valence-corrected chi connectivity index (χ4v) is 4.12. The van der Waals surface area contributed by atoms with E-state index in [4.69, 9.17) is 9.31 Å². The molecule has 21 heavy (non-hydrogen) atoms. The highest BCUT2D eigenvalue weighted by molar-refractivity contribution is 6.54. The summed E-state index contributed by atoms with van der Waals surface area (Å²) in [6.45, 7) is 8.56. The largest absolute Gasteiger partial charge is 0.490 e. The van der Waals surface area contributed by atoms with E-state index in [1.807, 2.05) is 0 Å². The van der Waals surface area contributed by atoms with Crippen molar-refractivity contribution in [2.45, 2.75) is 90.3 Å². The van der Waals surface area contributed by atoms with Crippen LogP contribution in [0.5, 0.6) is 0 Å². The molecular weight excluding hydrogens is 259 g/mol. The summed E-state index contributed by atoms with van der Waals surface area (Å²) in [6.07, 6.45) is 13.5. The quantitative estimate of drug-likeness (QED) is 0.672. The molecule has 1 heterocycles. The Bertz CT molecular complexity index is 391. The topological polar surface area (TPSA) is 18.5 Å². The molecule has 0 aromatic carbocycles. The van der Waals surface area contributed by atoms with E-state index in [1.54, 1.807) is 0 Å². The van der Waals surface area contributed by atoms with Gasteiger partial charge in [-0.05, 0) is 64.3 Å². The van der Waals surface area contributed by atoms with Crippen LogP contribution in [-0.2, 0) is 9.31 Å². The maximum atomic E-state index is 6.19. The highest BCUT2D eigenvalue weighted by Gasteiger charge is 2.52. The Balaban J connectivity index is 1.60. The lowest BCUT2D eigenvalue weighted by Crippen LogP contribution is -2.41. The maximum absolute atomic E-state index is 6.19. The second kappa shape index (κ2) is 5.74. The monoisotopic (exact) mass is 290 g/mol. The fourth-order valence-electron chi connectivity index (χ4n) is 4.12. The van der Waals surface area contributed by atoms with Gasteiger partial charge in [-0.3, -0.25) is 0 Å². The molecule has 2 fully saturated rings. The van der Waals surface area contributed by atoms with E-state index in [2.05, 4.69) is 33.8 Å². The highest BCUT2D eigenvalue weighted by atomic mass is 16.7. The van der Waals surface area contributed by atoms with Crippen LogP contribution in [0.1, 0.15) is 79.1 Å². The molecule has 3 heteroatoms. The summed E-state index contributed by atoms with van der Waals surface area (Å²) < 4.78 is 12.4. The molecule has 1 saturated carbocycles. The molecule has 1 saturated heterocycles. The zero-order valence-corrected chi connectivity index (χ0v) is 14.3. The van der Waals surface area contributed by atoms with E-state index in [0.717, 1.165) is 18.3 Å². The second-order valence-corrected chi connectivity index (χ2v) is 8.30. The number of allylic oxidation sites excluding steroid dienone is 2. The van der Waals surface area contributed by atoms with Gasteiger partial charge in [0.15, 0.2) is 0 Å². The zero-order valence-electron chi connectivity index (χ0n) is 14.3. The van der Waals surface area contributed by atoms with Crippen LogP contribution in [0.2, 0.25) is 0 Å². The molecule has 0 aromatic heterocycles. The normalized spacial score (nSPS) is 33.0. The maximum Gasteiger partial charge on any atom is 0.490 e. The molecule has 118 valence electrons. The lowest BCUT2D eigenvalue weighted by Gasteiger charge is -2.32. The van der Waals surface area contributed by atoms with E-state index in [0.29, 0.717) is 0 Å². The average molecular weight is 290 g/mol. The lowest BCUT2D eigenvalue weighted by atomic mass is 9.67. The highest BCUT2D eigenvalue weighted by Crippen LogP contribution is 2.42. The Morgan fingerprint density at radius 3 is 2.05 bits per heavy atom. The smallest absolute Gasteiger partial charge is 0.400 e. The van der Waals surface area contributed by atoms with E-state index >= 15 is 0 Å². The molecular formula is C18H31BO2. The molecule has 2 aliphatic carbocycles. The van der Waals surface area contributed by atoms with Crippen molar-refractivity contribution in [1.29, 1.82) is 0 Å². The van der Waals surface area contributed by atoms with Gasteiger partial charge in [-0.2, -0.15) is 0 Å². The molecule has 0 radical (unpaired) electrons. The Hall–Kier alpha value is -0.275. The predicted molar refractivity (Wildman–Crippen MR) is 88.1 cm³/mol. The van der Waals surface area contributed by atoms with E-state index in [1.165, 1.54) is 50.4 Å². The van der Waals surface area contributed by atoms with Crippen LogP contribution in [0, 0.1) is 11.8 Å². The molecule has 0 spiro atoms. The second-order valence-electron chi connectivity index (χ2n) is 8.30. The van der Waals surface area contributed by atoms with Crippen molar-refractivity contribution in [3.63, 3.8) is 0 Å². The standard InChI is InChI=1S/C18H31BO2/c1-17(2)18(3,4)21-19(20-17)16-12-10-15(11-13-16)14-8-6-5-7-9-14/h12,14-15H,5-11,13H2,1-4H3. The molecule has 1 unspecified atom stereocenters. The average Bonchev–Trinajstić information content (AvgIpc) is 2.69. The van der Waals surface area contributed by atoms with Gasteiger partial charge in [0.25, 0.3) is 0 Å². The molecule has 0 aromatic rings. The number of hydrogen-bond donors (Lipinski definition) is 0. The molecule has 1 atom stereocenters. The van der Waals surface area contributed by atoms with E-state index < -0.39 is 0 Å². The predicted octanol–water partition coefficient (Wildman–Crippen LogP) is 4.92. The van der Waals surface area contributed by atoms with Crippen molar-refractivity contribution in [2.24, 2.45) is 11.8 Å². The Kier molecular flexibility index (Phi) is 4.26. The summed E-state index contributed by atoms with van der Waals surface area (Å²) in [4.78, 5) is 0. The zero-order chi connectivity index (χ0) is 15.1. The summed E-state index contributed by atoms with van der Waals surface area (Å²) in [5.41, 5.74) is 0.970. The molecule has 0 N–H and O–H groups in total. The van der Waals surface area contributed by atoms with Crippen molar-refractivity contribution >= 4 is 7.12 Å². The van der Waals surface area contributed by atoms with Gasteiger partial charge in [0.1, 0.15) is 0 Å². The van der Waals surface area contributed by atoms with Gasteiger partial charge in [0.2, 0.25) is 0 Å². The van der Waals surface area contributed by atoms with Crippen LogP contribution in [0.4, 0.5) is 0 Å². The van der Waals surface area contributed by atoms with Crippen LogP contribution in [-0.4, -0.2) is 18.3 Å². The van der Waals surface area contributed by atoms with Crippen molar-refractivity contribution in [3.8, 4) is 0 Å². The third-order valence-corrected chi connectivity index (χ3v) is 6.36. The summed E-state index contributed by atoms with van der Waals surface area (Å²) in [5, 5.41) is 0. The van der Waals surface area contributed by atoms with Crippen molar-refractivity contribution in [2.75, 3.05) is 0 Å². The lowest BCUT2D eigenvalue weighted by molar-refractivity contribution is 0.00578. The number of rotatable bonds is 2. The fraction of sp³-hybridized carbons (Fsp3) is 0.889. The van der Waals surface area contributed by atoms with Crippen LogP contribution in [0.15, 0.2) is 11.5 Å². The minimum Gasteiger partial charge on any atom is -0.400 e. The van der Waals surface area contributed by atoms with E-state index in [9.17, 15) is 0 Å². The Morgan fingerprint density at radius 1 is 0.905 bits per heavy atom. The summed E-state index contributed by atoms with van der Waals surface area (Å²) in [5.74, 6) is 1.89. The van der Waals surface area contributed by atoms with Gasteiger partial charge in [-0.25, -0.2) is 0 Å². The molecule has 3 aliphatic rings. The van der Waals surface area contributed by atoms with Crippen LogP contribution >= 0.6 is 0 Å². The SMILES string of the molecule is CC1(C)OB(C2=CCC(C3CCCCC3)CC2)OC1(C)C. The first kappa shape index (κ1) is 15.6. The minimum absolute atomic E-state index is 0.109. The van der Waals surface area contributed by atoms with Gasteiger partial charge in [0.05, 0.1) is 11.2 Å². The first-order chi connectivity index (χ1) is 9.89. The van der Waals surface area contributed by atoms with Crippen molar-refractivity contribution < 1.29 is 9.31 Å². The summed E-state index contributed by atoms with van der Waals surface area (Å²) >= 11 is 0. The summed E-state index contributed by atoms with van der Waals surface area (Å²) in [6, 6.07) is 0. The molecule has 0 bridgehead atoms. The number of hydrogen-bond acceptors (Lipinski definition) is 2. The van der Waals surface area contributed by atoms with Gasteiger partial charge < -0.3 is 9.31 Å². The first-order valence-corrected chi connectivity index (χ1v) is 8.94. The Labute approximate surface area is 130 Å². The van der Waals surface area contributed by atoms with Gasteiger partial charge >= 0.3 is 7.12 Å². The van der Waals surface area contributed by atoms with Gasteiger partial charge in [-0.15, -0.1) is 0 Å². The summed E-state index contributed by atoms with van der Waals surface area (Å²) in [7, 11) is -0.109. The minimum atomic E-state index is -0.210. The van der Waals surface area contributed by atoms with Crippen LogP contribution < -0.4 is 0 Å².